The molecule has 23 heavy (non-hydrogen) atoms. The molecule has 0 saturated carbocycles. The molecule has 0 radical (unpaired) electrons. The van der Waals surface area contributed by atoms with E-state index in [1.165, 1.54) is 12.3 Å². The molecule has 1 heterocycles. The summed E-state index contributed by atoms with van der Waals surface area (Å²) in [6.07, 6.45) is 5.19. The summed E-state index contributed by atoms with van der Waals surface area (Å²) in [5.41, 5.74) is 1.06. The van der Waals surface area contributed by atoms with E-state index in [0.717, 1.165) is 37.2 Å². The van der Waals surface area contributed by atoms with Crippen LogP contribution < -0.4 is 10.2 Å². The van der Waals surface area contributed by atoms with Gasteiger partial charge in [0.2, 0.25) is 0 Å². The zero-order valence-electron chi connectivity index (χ0n) is 13.1. The molecule has 0 aliphatic carbocycles. The van der Waals surface area contributed by atoms with E-state index in [-0.39, 0.29) is 5.69 Å². The Bertz CT molecular complexity index is 691. The van der Waals surface area contributed by atoms with E-state index in [2.05, 4.69) is 17.2 Å². The van der Waals surface area contributed by atoms with Gasteiger partial charge in [0.05, 0.1) is 23.1 Å². The summed E-state index contributed by atoms with van der Waals surface area (Å²) in [7, 11) is 1.92. The molecule has 1 aromatic carbocycles. The van der Waals surface area contributed by atoms with Gasteiger partial charge in [-0.05, 0) is 24.6 Å². The summed E-state index contributed by atoms with van der Waals surface area (Å²) in [6.45, 7) is 2.96. The van der Waals surface area contributed by atoms with Crippen LogP contribution in [0.25, 0.3) is 0 Å². The minimum atomic E-state index is -0.817. The smallest absolute Gasteiger partial charge is 0.257 e. The van der Waals surface area contributed by atoms with Gasteiger partial charge in [0, 0.05) is 25.9 Å². The number of carbonyl (C=O) groups excluding carboxylic acids is 1. The number of aromatic nitrogens is 1. The van der Waals surface area contributed by atoms with Crippen LogP contribution in [0.3, 0.4) is 0 Å². The van der Waals surface area contributed by atoms with Crippen LogP contribution in [0.4, 0.5) is 20.2 Å². The van der Waals surface area contributed by atoms with Crippen molar-refractivity contribution < 1.29 is 13.6 Å². The molecule has 6 heteroatoms. The molecule has 0 aliphatic rings. The van der Waals surface area contributed by atoms with Crippen molar-refractivity contribution in [2.45, 2.75) is 19.8 Å². The Morgan fingerprint density at radius 3 is 2.74 bits per heavy atom. The first kappa shape index (κ1) is 16.9. The topological polar surface area (TPSA) is 45.2 Å². The van der Waals surface area contributed by atoms with Crippen LogP contribution in [-0.4, -0.2) is 24.5 Å². The minimum Gasteiger partial charge on any atom is -0.373 e. The highest BCUT2D eigenvalue weighted by atomic mass is 19.1. The van der Waals surface area contributed by atoms with Crippen LogP contribution in [0.1, 0.15) is 30.1 Å². The van der Waals surface area contributed by atoms with Gasteiger partial charge in [-0.2, -0.15) is 0 Å². The predicted octanol–water partition coefficient (Wildman–Crippen LogP) is 3.85. The van der Waals surface area contributed by atoms with Crippen LogP contribution in [0.5, 0.6) is 0 Å². The van der Waals surface area contributed by atoms with E-state index in [0.29, 0.717) is 5.56 Å². The van der Waals surface area contributed by atoms with Gasteiger partial charge in [-0.1, -0.05) is 13.3 Å². The van der Waals surface area contributed by atoms with Gasteiger partial charge < -0.3 is 10.2 Å². The van der Waals surface area contributed by atoms with Crippen molar-refractivity contribution in [2.24, 2.45) is 0 Å². The number of pyridine rings is 1. The molecule has 1 aromatic heterocycles. The van der Waals surface area contributed by atoms with E-state index < -0.39 is 17.5 Å². The third-order valence-electron chi connectivity index (χ3n) is 3.45. The van der Waals surface area contributed by atoms with E-state index >= 15 is 0 Å². The summed E-state index contributed by atoms with van der Waals surface area (Å²) >= 11 is 0. The SMILES string of the molecule is CCCCN(C)c1cncc(C(=O)Nc2ccc(F)cc2F)c1. The van der Waals surface area contributed by atoms with Crippen molar-refractivity contribution >= 4 is 17.3 Å². The minimum absolute atomic E-state index is 0.0684. The second-order valence-corrected chi connectivity index (χ2v) is 5.29. The second-order valence-electron chi connectivity index (χ2n) is 5.29. The van der Waals surface area contributed by atoms with Crippen molar-refractivity contribution in [1.29, 1.82) is 0 Å². The average Bonchev–Trinajstić information content (AvgIpc) is 2.55. The summed E-state index contributed by atoms with van der Waals surface area (Å²) in [5, 5.41) is 2.42. The lowest BCUT2D eigenvalue weighted by Crippen LogP contribution is -2.20. The van der Waals surface area contributed by atoms with Gasteiger partial charge >= 0.3 is 0 Å². The Hall–Kier alpha value is -2.50. The molecule has 4 nitrogen and oxygen atoms in total. The maximum atomic E-state index is 13.6. The molecular weight excluding hydrogens is 300 g/mol. The molecule has 0 spiro atoms. The fourth-order valence-corrected chi connectivity index (χ4v) is 2.07. The average molecular weight is 319 g/mol. The third-order valence-corrected chi connectivity index (χ3v) is 3.45. The molecule has 2 rings (SSSR count). The van der Waals surface area contributed by atoms with E-state index in [1.54, 1.807) is 12.3 Å². The molecular formula is C17H19F2N3O. The quantitative estimate of drug-likeness (QED) is 0.879. The normalized spacial score (nSPS) is 10.4. The standard InChI is InChI=1S/C17H19F2N3O/c1-3-4-7-22(2)14-8-12(10-20-11-14)17(23)21-16-6-5-13(18)9-15(16)19/h5-6,8-11H,3-4,7H2,1-2H3,(H,21,23). The first-order valence-corrected chi connectivity index (χ1v) is 7.44. The molecule has 0 atom stereocenters. The highest BCUT2D eigenvalue weighted by molar-refractivity contribution is 6.04. The molecule has 0 bridgehead atoms. The molecule has 0 fully saturated rings. The molecule has 0 unspecified atom stereocenters. The lowest BCUT2D eigenvalue weighted by Gasteiger charge is -2.19. The van der Waals surface area contributed by atoms with Crippen molar-refractivity contribution in [2.75, 3.05) is 23.8 Å². The Morgan fingerprint density at radius 2 is 2.04 bits per heavy atom. The van der Waals surface area contributed by atoms with Crippen LogP contribution in [0.15, 0.2) is 36.7 Å². The second kappa shape index (κ2) is 7.67. The van der Waals surface area contributed by atoms with E-state index in [9.17, 15) is 13.6 Å². The van der Waals surface area contributed by atoms with Crippen molar-refractivity contribution in [1.82, 2.24) is 4.98 Å². The van der Waals surface area contributed by atoms with Gasteiger partial charge in [0.15, 0.2) is 0 Å². The number of amides is 1. The number of nitrogens with zero attached hydrogens (tertiary/aromatic N) is 2. The van der Waals surface area contributed by atoms with Crippen LogP contribution >= 0.6 is 0 Å². The fourth-order valence-electron chi connectivity index (χ4n) is 2.07. The molecule has 1 N–H and O–H groups in total. The molecule has 0 saturated heterocycles. The van der Waals surface area contributed by atoms with Crippen molar-refractivity contribution in [3.8, 4) is 0 Å². The molecule has 2 aromatic rings. The molecule has 122 valence electrons. The first-order valence-electron chi connectivity index (χ1n) is 7.44. The highest BCUT2D eigenvalue weighted by Gasteiger charge is 2.12. The van der Waals surface area contributed by atoms with E-state index in [1.807, 2.05) is 11.9 Å². The number of rotatable bonds is 6. The maximum absolute atomic E-state index is 13.6. The van der Waals surface area contributed by atoms with Gasteiger partial charge in [0.25, 0.3) is 5.91 Å². The van der Waals surface area contributed by atoms with Gasteiger partial charge in [-0.25, -0.2) is 8.78 Å². The maximum Gasteiger partial charge on any atom is 0.257 e. The summed E-state index contributed by atoms with van der Waals surface area (Å²) in [4.78, 5) is 18.3. The monoisotopic (exact) mass is 319 g/mol. The predicted molar refractivity (Wildman–Crippen MR) is 86.7 cm³/mol. The number of hydrogen-bond acceptors (Lipinski definition) is 3. The van der Waals surface area contributed by atoms with E-state index in [4.69, 9.17) is 0 Å². The number of halogens is 2. The zero-order valence-corrected chi connectivity index (χ0v) is 13.1. The number of anilines is 2. The summed E-state index contributed by atoms with van der Waals surface area (Å²) < 4.78 is 26.5. The molecule has 0 aliphatic heterocycles. The van der Waals surface area contributed by atoms with Crippen molar-refractivity contribution in [3.63, 3.8) is 0 Å². The highest BCUT2D eigenvalue weighted by Crippen LogP contribution is 2.18. The Labute approximate surface area is 134 Å². The number of hydrogen-bond donors (Lipinski definition) is 1. The zero-order chi connectivity index (χ0) is 16.8. The largest absolute Gasteiger partial charge is 0.373 e. The van der Waals surface area contributed by atoms with Crippen LogP contribution in [0, 0.1) is 11.6 Å². The Morgan fingerprint density at radius 1 is 1.26 bits per heavy atom. The number of benzene rings is 1. The summed E-state index contributed by atoms with van der Waals surface area (Å²) in [5.74, 6) is -2.00. The third kappa shape index (κ3) is 4.48. The fraction of sp³-hybridized carbons (Fsp3) is 0.294. The van der Waals surface area contributed by atoms with Crippen LogP contribution in [-0.2, 0) is 0 Å². The number of nitrogens with one attached hydrogen (secondary N) is 1. The van der Waals surface area contributed by atoms with Crippen molar-refractivity contribution in [3.05, 3.63) is 53.9 Å². The van der Waals surface area contributed by atoms with Gasteiger partial charge in [-0.15, -0.1) is 0 Å². The molecule has 1 amide bonds. The first-order chi connectivity index (χ1) is 11.0. The lowest BCUT2D eigenvalue weighted by atomic mass is 10.2. The van der Waals surface area contributed by atoms with Gasteiger partial charge in [0.1, 0.15) is 11.6 Å². The van der Waals surface area contributed by atoms with Gasteiger partial charge in [-0.3, -0.25) is 9.78 Å². The Kier molecular flexibility index (Phi) is 5.62. The number of unbranched alkanes of at least 4 members (excludes halogenated alkanes) is 1. The number of carbonyl (C=O) groups is 1. The van der Waals surface area contributed by atoms with Crippen LogP contribution in [0.2, 0.25) is 0 Å². The lowest BCUT2D eigenvalue weighted by molar-refractivity contribution is 0.102. The summed E-state index contributed by atoms with van der Waals surface area (Å²) in [6, 6.07) is 4.70. The Balaban J connectivity index is 2.13.